The molecule has 0 amide bonds. The van der Waals surface area contributed by atoms with Crippen LogP contribution in [0.25, 0.3) is 0 Å². The van der Waals surface area contributed by atoms with E-state index in [0.717, 1.165) is 0 Å². The van der Waals surface area contributed by atoms with Crippen molar-refractivity contribution in [2.45, 2.75) is 32.2 Å². The highest BCUT2D eigenvalue weighted by Gasteiger charge is 2.34. The first-order valence-corrected chi connectivity index (χ1v) is 5.93. The topological polar surface area (TPSA) is 46.2 Å². The molecule has 0 unspecified atom stereocenters. The van der Waals surface area contributed by atoms with Crippen LogP contribution in [0.2, 0.25) is 5.02 Å². The SMILES string of the molecule is CC(C)[C@H](O)[C@H](N)c1cc(C(F)(F)F)cc(Cl)c1F. The van der Waals surface area contributed by atoms with Crippen LogP contribution in [0, 0.1) is 11.7 Å². The van der Waals surface area contributed by atoms with Crippen LogP contribution in [0.4, 0.5) is 17.6 Å². The van der Waals surface area contributed by atoms with Gasteiger partial charge in [0.2, 0.25) is 0 Å². The van der Waals surface area contributed by atoms with Crippen LogP contribution in [-0.2, 0) is 6.18 Å². The second-order valence-electron chi connectivity index (χ2n) is 4.62. The number of hydrogen-bond donors (Lipinski definition) is 2. The maximum absolute atomic E-state index is 13.8. The average molecular weight is 300 g/mol. The zero-order valence-electron chi connectivity index (χ0n) is 10.3. The number of halogens is 5. The van der Waals surface area contributed by atoms with Gasteiger partial charge in [0.15, 0.2) is 0 Å². The number of rotatable bonds is 3. The molecule has 0 fully saturated rings. The summed E-state index contributed by atoms with van der Waals surface area (Å²) in [6, 6.07) is -0.202. The Kier molecular flexibility index (Phi) is 4.81. The van der Waals surface area contributed by atoms with E-state index in [0.29, 0.717) is 12.1 Å². The second kappa shape index (κ2) is 5.64. The van der Waals surface area contributed by atoms with Crippen molar-refractivity contribution in [2.75, 3.05) is 0 Å². The first kappa shape index (κ1) is 16.2. The largest absolute Gasteiger partial charge is 0.416 e. The van der Waals surface area contributed by atoms with E-state index >= 15 is 0 Å². The predicted molar refractivity (Wildman–Crippen MR) is 64.2 cm³/mol. The molecule has 19 heavy (non-hydrogen) atoms. The molecular weight excluding hydrogens is 286 g/mol. The zero-order chi connectivity index (χ0) is 15.0. The van der Waals surface area contributed by atoms with Crippen LogP contribution in [0.3, 0.4) is 0 Å². The summed E-state index contributed by atoms with van der Waals surface area (Å²) in [4.78, 5) is 0. The van der Waals surface area contributed by atoms with E-state index in [4.69, 9.17) is 17.3 Å². The minimum atomic E-state index is -4.66. The Labute approximate surface area is 113 Å². The summed E-state index contributed by atoms with van der Waals surface area (Å²) in [7, 11) is 0. The first-order chi connectivity index (χ1) is 8.55. The number of benzene rings is 1. The lowest BCUT2D eigenvalue weighted by atomic mass is 9.93. The molecule has 1 aromatic rings. The maximum Gasteiger partial charge on any atom is 0.416 e. The van der Waals surface area contributed by atoms with Crippen LogP contribution >= 0.6 is 11.6 Å². The number of nitrogens with two attached hydrogens (primary N) is 1. The standard InChI is InChI=1S/C12H14ClF4NO/c1-5(2)11(19)10(18)7-3-6(12(15,16)17)4-8(13)9(7)14/h3-5,10-11,19H,18H2,1-2H3/t10-,11+/m1/s1. The molecule has 0 radical (unpaired) electrons. The summed E-state index contributed by atoms with van der Waals surface area (Å²) < 4.78 is 51.6. The van der Waals surface area contributed by atoms with Gasteiger partial charge >= 0.3 is 6.18 Å². The number of hydrogen-bond acceptors (Lipinski definition) is 2. The quantitative estimate of drug-likeness (QED) is 0.839. The molecule has 0 aliphatic heterocycles. The third-order valence-corrected chi connectivity index (χ3v) is 3.07. The van der Waals surface area contributed by atoms with Gasteiger partial charge in [-0.05, 0) is 18.1 Å². The Morgan fingerprint density at radius 1 is 1.26 bits per heavy atom. The van der Waals surface area contributed by atoms with Gasteiger partial charge < -0.3 is 10.8 Å². The Hall–Kier alpha value is -0.850. The molecule has 0 heterocycles. The van der Waals surface area contributed by atoms with Gasteiger partial charge in [0, 0.05) is 5.56 Å². The molecule has 108 valence electrons. The summed E-state index contributed by atoms with van der Waals surface area (Å²) >= 11 is 5.44. The van der Waals surface area contributed by atoms with Crippen molar-refractivity contribution in [3.63, 3.8) is 0 Å². The Balaban J connectivity index is 3.31. The molecule has 0 spiro atoms. The van der Waals surface area contributed by atoms with E-state index in [1.54, 1.807) is 13.8 Å². The van der Waals surface area contributed by atoms with Crippen LogP contribution in [0.15, 0.2) is 12.1 Å². The van der Waals surface area contributed by atoms with Crippen LogP contribution < -0.4 is 5.73 Å². The molecule has 0 aromatic heterocycles. The molecule has 0 bridgehead atoms. The van der Waals surface area contributed by atoms with E-state index in [1.165, 1.54) is 0 Å². The van der Waals surface area contributed by atoms with Crippen molar-refractivity contribution in [1.82, 2.24) is 0 Å². The monoisotopic (exact) mass is 299 g/mol. The summed E-state index contributed by atoms with van der Waals surface area (Å²) in [5.74, 6) is -1.37. The van der Waals surface area contributed by atoms with E-state index in [9.17, 15) is 22.7 Å². The van der Waals surface area contributed by atoms with Crippen molar-refractivity contribution in [2.24, 2.45) is 11.7 Å². The van der Waals surface area contributed by atoms with Gasteiger partial charge in [0.1, 0.15) is 5.82 Å². The average Bonchev–Trinajstić information content (AvgIpc) is 2.29. The van der Waals surface area contributed by atoms with E-state index < -0.39 is 40.3 Å². The minimum absolute atomic E-state index is 0.331. The third-order valence-electron chi connectivity index (χ3n) is 2.79. The fourth-order valence-corrected chi connectivity index (χ4v) is 1.84. The molecular formula is C12H14ClF4NO. The Morgan fingerprint density at radius 2 is 1.79 bits per heavy atom. The number of aliphatic hydroxyl groups excluding tert-OH is 1. The molecule has 1 rings (SSSR count). The van der Waals surface area contributed by atoms with Crippen LogP contribution in [0.5, 0.6) is 0 Å². The van der Waals surface area contributed by atoms with Crippen molar-refractivity contribution in [3.05, 3.63) is 34.1 Å². The predicted octanol–water partition coefficient (Wildman–Crippen LogP) is 3.51. The molecule has 0 aliphatic carbocycles. The van der Waals surface area contributed by atoms with E-state index in [-0.39, 0.29) is 5.92 Å². The van der Waals surface area contributed by atoms with Crippen molar-refractivity contribution >= 4 is 11.6 Å². The Morgan fingerprint density at radius 3 is 2.21 bits per heavy atom. The van der Waals surface area contributed by atoms with Crippen LogP contribution in [0.1, 0.15) is 31.0 Å². The van der Waals surface area contributed by atoms with Crippen LogP contribution in [-0.4, -0.2) is 11.2 Å². The summed E-state index contributed by atoms with van der Waals surface area (Å²) in [5.41, 5.74) is 4.06. The second-order valence-corrected chi connectivity index (χ2v) is 5.03. The lowest BCUT2D eigenvalue weighted by molar-refractivity contribution is -0.137. The van der Waals surface area contributed by atoms with Crippen molar-refractivity contribution < 1.29 is 22.7 Å². The maximum atomic E-state index is 13.8. The first-order valence-electron chi connectivity index (χ1n) is 5.55. The van der Waals surface area contributed by atoms with E-state index in [2.05, 4.69) is 0 Å². The number of aliphatic hydroxyl groups is 1. The molecule has 2 atom stereocenters. The van der Waals surface area contributed by atoms with E-state index in [1.807, 2.05) is 0 Å². The van der Waals surface area contributed by atoms with Gasteiger partial charge in [-0.3, -0.25) is 0 Å². The smallest absolute Gasteiger partial charge is 0.391 e. The van der Waals surface area contributed by atoms with Crippen molar-refractivity contribution in [1.29, 1.82) is 0 Å². The third kappa shape index (κ3) is 3.58. The molecule has 3 N–H and O–H groups in total. The van der Waals surface area contributed by atoms with Gasteiger partial charge in [-0.1, -0.05) is 25.4 Å². The Bertz CT molecular complexity index is 462. The zero-order valence-corrected chi connectivity index (χ0v) is 11.1. The molecule has 0 saturated carbocycles. The van der Waals surface area contributed by atoms with Gasteiger partial charge in [-0.15, -0.1) is 0 Å². The van der Waals surface area contributed by atoms with Gasteiger partial charge in [-0.25, -0.2) is 4.39 Å². The molecule has 7 heteroatoms. The summed E-state index contributed by atoms with van der Waals surface area (Å²) in [6.45, 7) is 3.25. The fraction of sp³-hybridized carbons (Fsp3) is 0.500. The van der Waals surface area contributed by atoms with Gasteiger partial charge in [0.05, 0.1) is 22.7 Å². The summed E-state index contributed by atoms with van der Waals surface area (Å²) in [6.07, 6.45) is -5.83. The fourth-order valence-electron chi connectivity index (χ4n) is 1.62. The highest BCUT2D eigenvalue weighted by molar-refractivity contribution is 6.30. The highest BCUT2D eigenvalue weighted by Crippen LogP contribution is 2.35. The lowest BCUT2D eigenvalue weighted by Crippen LogP contribution is -2.31. The molecule has 1 aromatic carbocycles. The minimum Gasteiger partial charge on any atom is -0.391 e. The van der Waals surface area contributed by atoms with Gasteiger partial charge in [0.25, 0.3) is 0 Å². The highest BCUT2D eigenvalue weighted by atomic mass is 35.5. The molecule has 2 nitrogen and oxygen atoms in total. The number of alkyl halides is 3. The molecule has 0 saturated heterocycles. The normalized spacial score (nSPS) is 15.7. The van der Waals surface area contributed by atoms with Crippen molar-refractivity contribution in [3.8, 4) is 0 Å². The van der Waals surface area contributed by atoms with Gasteiger partial charge in [-0.2, -0.15) is 13.2 Å². The lowest BCUT2D eigenvalue weighted by Gasteiger charge is -2.24. The summed E-state index contributed by atoms with van der Waals surface area (Å²) in [5, 5.41) is 9.07. The molecule has 0 aliphatic rings.